The predicted molar refractivity (Wildman–Crippen MR) is 131 cm³/mol. The Bertz CT molecular complexity index is 1660. The van der Waals surface area contributed by atoms with Gasteiger partial charge in [-0.1, -0.05) is 12.2 Å². The van der Waals surface area contributed by atoms with Crippen LogP contribution in [0, 0.1) is 0 Å². The Morgan fingerprint density at radius 3 is 2.69 bits per heavy atom. The van der Waals surface area contributed by atoms with Gasteiger partial charge in [-0.2, -0.15) is 9.61 Å². The monoisotopic (exact) mass is 489 g/mol. The van der Waals surface area contributed by atoms with Crippen LogP contribution in [0.2, 0.25) is 0 Å². The van der Waals surface area contributed by atoms with Crippen LogP contribution in [-0.2, 0) is 0 Å². The van der Waals surface area contributed by atoms with E-state index in [1.54, 1.807) is 16.8 Å². The molecule has 1 amide bonds. The zero-order chi connectivity index (χ0) is 24.3. The lowest BCUT2D eigenvalue weighted by atomic mass is 10.2. The molecule has 178 valence electrons. The Balaban J connectivity index is 1.46. The van der Waals surface area contributed by atoms with Crippen molar-refractivity contribution in [2.45, 2.75) is 44.8 Å². The van der Waals surface area contributed by atoms with E-state index in [4.69, 9.17) is 9.98 Å². The standard InChI is InChI=1S/C24H23N7O3S/c1-12-3-4-13(2)30(12)23(33)19-8-7-18(35-19)16-10-20(26-15-5-6-15)31-21(27-16)14(11-25-31)9-17-22(32)29-24(34)28-17/h3-4,7-13,15,32H,5-6H2,1-2H3,(H2,28,29,34)/b14-9-,26-20?. The smallest absolute Gasteiger partial charge is 0.326 e. The van der Waals surface area contributed by atoms with Gasteiger partial charge in [0.15, 0.2) is 11.1 Å². The first-order valence-electron chi connectivity index (χ1n) is 11.4. The van der Waals surface area contributed by atoms with Crippen molar-refractivity contribution in [2.24, 2.45) is 4.99 Å². The van der Waals surface area contributed by atoms with Crippen molar-refractivity contribution in [3.63, 3.8) is 0 Å². The van der Waals surface area contributed by atoms with Gasteiger partial charge in [0.05, 0.1) is 27.7 Å². The molecule has 4 aromatic heterocycles. The highest BCUT2D eigenvalue weighted by molar-refractivity contribution is 7.17. The summed E-state index contributed by atoms with van der Waals surface area (Å²) >= 11 is 1.40. The van der Waals surface area contributed by atoms with Crippen LogP contribution in [0.25, 0.3) is 22.3 Å². The summed E-state index contributed by atoms with van der Waals surface area (Å²) in [4.78, 5) is 42.6. The van der Waals surface area contributed by atoms with E-state index in [2.05, 4.69) is 15.1 Å². The molecule has 11 heteroatoms. The van der Waals surface area contributed by atoms with Crippen LogP contribution in [0.5, 0.6) is 5.88 Å². The number of amides is 1. The largest absolute Gasteiger partial charge is 0.493 e. The predicted octanol–water partition coefficient (Wildman–Crippen LogP) is 1.58. The Morgan fingerprint density at radius 1 is 1.23 bits per heavy atom. The van der Waals surface area contributed by atoms with E-state index in [1.165, 1.54) is 11.3 Å². The van der Waals surface area contributed by atoms with Crippen molar-refractivity contribution in [1.29, 1.82) is 0 Å². The molecule has 0 spiro atoms. The van der Waals surface area contributed by atoms with Crippen molar-refractivity contribution in [3.8, 4) is 16.5 Å². The van der Waals surface area contributed by atoms with Gasteiger partial charge in [0.25, 0.3) is 5.91 Å². The first kappa shape index (κ1) is 21.5. The lowest BCUT2D eigenvalue weighted by Crippen LogP contribution is -2.38. The zero-order valence-electron chi connectivity index (χ0n) is 19.1. The Hall–Kier alpha value is -3.99. The third-order valence-electron chi connectivity index (χ3n) is 6.23. The van der Waals surface area contributed by atoms with Crippen molar-refractivity contribution < 1.29 is 9.90 Å². The second kappa shape index (κ2) is 8.05. The molecule has 4 aromatic rings. The van der Waals surface area contributed by atoms with E-state index in [-0.39, 0.29) is 35.6 Å². The molecule has 0 bridgehead atoms. The number of rotatable bonds is 4. The molecule has 2 aliphatic rings. The Labute approximate surface area is 203 Å². The lowest BCUT2D eigenvalue weighted by molar-refractivity contribution is 0.0714. The minimum atomic E-state index is -0.504. The number of carbonyl (C=O) groups excluding carboxylic acids is 1. The fourth-order valence-corrected chi connectivity index (χ4v) is 5.20. The van der Waals surface area contributed by atoms with Crippen LogP contribution < -0.4 is 16.4 Å². The molecule has 1 aliphatic carbocycles. The average Bonchev–Trinajstić information content (AvgIpc) is 3.15. The van der Waals surface area contributed by atoms with Gasteiger partial charge in [-0.15, -0.1) is 11.3 Å². The molecule has 2 unspecified atom stereocenters. The highest BCUT2D eigenvalue weighted by Crippen LogP contribution is 2.29. The molecule has 0 saturated heterocycles. The molecular formula is C24H23N7O3S. The second-order valence-electron chi connectivity index (χ2n) is 8.92. The number of imidazole rings is 1. The molecule has 1 aliphatic heterocycles. The van der Waals surface area contributed by atoms with Gasteiger partial charge in [-0.3, -0.25) is 14.8 Å². The lowest BCUT2D eigenvalue weighted by Gasteiger charge is -2.25. The van der Waals surface area contributed by atoms with Crippen LogP contribution in [-0.4, -0.2) is 58.6 Å². The van der Waals surface area contributed by atoms with Crippen LogP contribution >= 0.6 is 11.3 Å². The number of aromatic amines is 2. The van der Waals surface area contributed by atoms with Crippen LogP contribution in [0.4, 0.5) is 0 Å². The second-order valence-corrected chi connectivity index (χ2v) is 10.0. The number of aromatic hydroxyl groups is 1. The minimum absolute atomic E-state index is 0.000446. The summed E-state index contributed by atoms with van der Waals surface area (Å²) in [6.45, 7) is 4.03. The molecule has 0 radical (unpaired) electrons. The third kappa shape index (κ3) is 3.87. The molecule has 10 nitrogen and oxygen atoms in total. The highest BCUT2D eigenvalue weighted by Gasteiger charge is 2.29. The van der Waals surface area contributed by atoms with Crippen LogP contribution in [0.3, 0.4) is 0 Å². The van der Waals surface area contributed by atoms with E-state index in [1.807, 2.05) is 49.1 Å². The maximum Gasteiger partial charge on any atom is 0.326 e. The van der Waals surface area contributed by atoms with Gasteiger partial charge in [0, 0.05) is 23.4 Å². The van der Waals surface area contributed by atoms with Crippen LogP contribution in [0.15, 0.2) is 46.3 Å². The topological polar surface area (TPSA) is 132 Å². The first-order valence-corrected chi connectivity index (χ1v) is 12.3. The van der Waals surface area contributed by atoms with Gasteiger partial charge in [0.2, 0.25) is 5.88 Å². The molecule has 6 rings (SSSR count). The zero-order valence-corrected chi connectivity index (χ0v) is 19.9. The minimum Gasteiger partial charge on any atom is -0.493 e. The molecule has 3 N–H and O–H groups in total. The normalized spacial score (nSPS) is 21.0. The van der Waals surface area contributed by atoms with Gasteiger partial charge < -0.3 is 15.0 Å². The molecular weight excluding hydrogens is 466 g/mol. The Kier molecular flexibility index (Phi) is 4.95. The summed E-state index contributed by atoms with van der Waals surface area (Å²) < 4.78 is 1.66. The summed E-state index contributed by atoms with van der Waals surface area (Å²) in [5, 5.41) is 15.0. The van der Waals surface area contributed by atoms with Crippen molar-refractivity contribution in [3.05, 3.63) is 68.3 Å². The first-order chi connectivity index (χ1) is 16.9. The maximum atomic E-state index is 13.2. The van der Waals surface area contributed by atoms with E-state index in [0.717, 1.165) is 17.7 Å². The van der Waals surface area contributed by atoms with Gasteiger partial charge >= 0.3 is 5.69 Å². The number of thiophene rings is 1. The average molecular weight is 490 g/mol. The van der Waals surface area contributed by atoms with Gasteiger partial charge in [-0.05, 0) is 44.9 Å². The summed E-state index contributed by atoms with van der Waals surface area (Å²) in [6.07, 6.45) is 9.40. The van der Waals surface area contributed by atoms with Crippen molar-refractivity contribution >= 4 is 29.0 Å². The van der Waals surface area contributed by atoms with Crippen molar-refractivity contribution in [1.82, 2.24) is 29.5 Å². The molecule has 0 aromatic carbocycles. The quantitative estimate of drug-likeness (QED) is 0.375. The summed E-state index contributed by atoms with van der Waals surface area (Å²) in [6, 6.07) is 6.02. The number of nitrogens with one attached hydrogen (secondary N) is 2. The molecule has 1 fully saturated rings. The number of aromatic nitrogens is 5. The summed E-state index contributed by atoms with van der Waals surface area (Å²) in [7, 11) is 0. The summed E-state index contributed by atoms with van der Waals surface area (Å²) in [5.41, 5.74) is 1.63. The van der Waals surface area contributed by atoms with Gasteiger partial charge in [0.1, 0.15) is 5.69 Å². The van der Waals surface area contributed by atoms with E-state index in [0.29, 0.717) is 26.9 Å². The molecule has 35 heavy (non-hydrogen) atoms. The number of H-pyrrole nitrogens is 2. The molecule has 2 atom stereocenters. The maximum absolute atomic E-state index is 13.2. The van der Waals surface area contributed by atoms with Crippen molar-refractivity contribution in [2.75, 3.05) is 0 Å². The number of hydrogen-bond acceptors (Lipinski definition) is 7. The van der Waals surface area contributed by atoms with Crippen LogP contribution in [0.1, 0.15) is 42.1 Å². The highest BCUT2D eigenvalue weighted by atomic mass is 32.1. The molecule has 1 saturated carbocycles. The SMILES string of the molecule is CC1C=CC(C)N1C(=O)c1ccc(-c2cc(=NC3CC3)n3nc/c(=C/c4[nH]c(=O)[nH]c4O)c3n2)s1. The number of fused-ring (bicyclic) bond motifs is 1. The summed E-state index contributed by atoms with van der Waals surface area (Å²) in [5.74, 6) is -0.254. The number of nitrogens with zero attached hydrogens (tertiary/aromatic N) is 5. The third-order valence-corrected chi connectivity index (χ3v) is 7.32. The van der Waals surface area contributed by atoms with Gasteiger partial charge in [-0.25, -0.2) is 9.78 Å². The Morgan fingerprint density at radius 2 is 2.00 bits per heavy atom. The van der Waals surface area contributed by atoms with E-state index < -0.39 is 5.69 Å². The number of carbonyl (C=O) groups is 1. The molecule has 5 heterocycles. The fourth-order valence-electron chi connectivity index (χ4n) is 4.29. The fraction of sp³-hybridized carbons (Fsp3) is 0.292. The van der Waals surface area contributed by atoms with E-state index in [9.17, 15) is 14.7 Å². The van der Waals surface area contributed by atoms with E-state index >= 15 is 0 Å². The number of hydrogen-bond donors (Lipinski definition) is 3.